The minimum absolute atomic E-state index is 0.239. The quantitative estimate of drug-likeness (QED) is 0.194. The van der Waals surface area contributed by atoms with E-state index in [0.29, 0.717) is 5.75 Å². The van der Waals surface area contributed by atoms with E-state index in [4.69, 9.17) is 10.8 Å². The van der Waals surface area contributed by atoms with E-state index in [2.05, 4.69) is 16.0 Å². The molecule has 11 nitrogen and oxygen atoms in total. The Balaban J connectivity index is 5.36. The average Bonchev–Trinajstić information content (AvgIpc) is 2.64. The van der Waals surface area contributed by atoms with Crippen LogP contribution in [0.4, 0.5) is 0 Å². The van der Waals surface area contributed by atoms with Gasteiger partial charge in [-0.25, -0.2) is 4.79 Å². The Morgan fingerprint density at radius 3 is 1.93 bits per heavy atom. The van der Waals surface area contributed by atoms with E-state index in [1.165, 1.54) is 11.8 Å². The number of amides is 3. The van der Waals surface area contributed by atoms with Gasteiger partial charge in [-0.15, -0.1) is 0 Å². The van der Waals surface area contributed by atoms with Gasteiger partial charge in [0.15, 0.2) is 0 Å². The largest absolute Gasteiger partial charge is 0.481 e. The first-order valence-corrected chi connectivity index (χ1v) is 10.5. The molecule has 0 aromatic rings. The molecule has 0 saturated carbocycles. The van der Waals surface area contributed by atoms with Crippen LogP contribution in [0, 0.1) is 5.92 Å². The highest BCUT2D eigenvalue weighted by molar-refractivity contribution is 7.98. The number of hydrogen-bond donors (Lipinski definition) is 6. The first-order valence-electron chi connectivity index (χ1n) is 9.07. The van der Waals surface area contributed by atoms with Crippen molar-refractivity contribution in [2.45, 2.75) is 51.2 Å². The summed E-state index contributed by atoms with van der Waals surface area (Å²) in [6.45, 7) is 2.88. The number of rotatable bonds is 14. The smallest absolute Gasteiger partial charge is 0.326 e. The molecule has 12 heteroatoms. The third kappa shape index (κ3) is 10.7. The van der Waals surface area contributed by atoms with E-state index in [1.54, 1.807) is 13.8 Å². The molecule has 0 spiro atoms. The van der Waals surface area contributed by atoms with Crippen LogP contribution in [0.15, 0.2) is 0 Å². The molecule has 0 aromatic heterocycles. The number of carbonyl (C=O) groups excluding carboxylic acids is 3. The Kier molecular flexibility index (Phi) is 12.7. The molecule has 0 aliphatic rings. The lowest BCUT2D eigenvalue weighted by atomic mass is 10.0. The van der Waals surface area contributed by atoms with Gasteiger partial charge in [0.25, 0.3) is 0 Å². The molecular formula is C17H30N4O7S. The highest BCUT2D eigenvalue weighted by atomic mass is 32.2. The summed E-state index contributed by atoms with van der Waals surface area (Å²) in [6.07, 6.45) is 1.44. The van der Waals surface area contributed by atoms with Crippen LogP contribution in [0.25, 0.3) is 0 Å². The molecule has 7 N–H and O–H groups in total. The molecule has 3 unspecified atom stereocenters. The molecule has 0 heterocycles. The number of carboxylic acid groups (broad SMARTS) is 2. The average molecular weight is 435 g/mol. The van der Waals surface area contributed by atoms with Crippen LogP contribution in [0.1, 0.15) is 33.1 Å². The van der Waals surface area contributed by atoms with E-state index in [1.807, 2.05) is 6.26 Å². The zero-order valence-electron chi connectivity index (χ0n) is 16.8. The summed E-state index contributed by atoms with van der Waals surface area (Å²) in [5.74, 6) is -4.34. The Labute approximate surface area is 173 Å². The summed E-state index contributed by atoms with van der Waals surface area (Å²) < 4.78 is 0. The fraction of sp³-hybridized carbons (Fsp3) is 0.706. The number of carbonyl (C=O) groups is 5. The zero-order valence-corrected chi connectivity index (χ0v) is 17.6. The maximum absolute atomic E-state index is 12.6. The van der Waals surface area contributed by atoms with E-state index < -0.39 is 60.1 Å². The Hall–Kier alpha value is -2.34. The number of nitrogens with one attached hydrogen (secondary N) is 3. The lowest BCUT2D eigenvalue weighted by molar-refractivity contribution is -0.144. The first-order chi connectivity index (χ1) is 13.5. The Morgan fingerprint density at radius 1 is 0.931 bits per heavy atom. The molecule has 0 aromatic carbocycles. The van der Waals surface area contributed by atoms with Crippen molar-refractivity contribution in [3.05, 3.63) is 0 Å². The first kappa shape index (κ1) is 26.7. The van der Waals surface area contributed by atoms with Gasteiger partial charge >= 0.3 is 11.9 Å². The lowest BCUT2D eigenvalue weighted by Crippen LogP contribution is -2.57. The molecule has 3 amide bonds. The summed E-state index contributed by atoms with van der Waals surface area (Å²) in [4.78, 5) is 58.9. The molecule has 29 heavy (non-hydrogen) atoms. The second kappa shape index (κ2) is 13.8. The van der Waals surface area contributed by atoms with Crippen LogP contribution in [0.2, 0.25) is 0 Å². The molecule has 166 valence electrons. The van der Waals surface area contributed by atoms with Gasteiger partial charge in [-0.3, -0.25) is 19.2 Å². The van der Waals surface area contributed by atoms with Gasteiger partial charge in [-0.1, -0.05) is 13.8 Å². The summed E-state index contributed by atoms with van der Waals surface area (Å²) >= 11 is 1.45. The number of hydrogen-bond acceptors (Lipinski definition) is 7. The molecule has 3 atom stereocenters. The van der Waals surface area contributed by atoms with Gasteiger partial charge in [-0.05, 0) is 30.8 Å². The number of aliphatic carboxylic acids is 2. The monoisotopic (exact) mass is 434 g/mol. The second-order valence-electron chi connectivity index (χ2n) is 6.67. The summed E-state index contributed by atoms with van der Waals surface area (Å²) in [7, 11) is 0. The SMILES string of the molecule is CSCCC(NC(=O)CN)C(=O)NC(CCC(=O)O)C(=O)NC(C(=O)O)C(C)C. The van der Waals surface area contributed by atoms with Crippen LogP contribution < -0.4 is 21.7 Å². The predicted octanol–water partition coefficient (Wildman–Crippen LogP) is -1.24. The highest BCUT2D eigenvalue weighted by Crippen LogP contribution is 2.07. The van der Waals surface area contributed by atoms with Crippen molar-refractivity contribution in [2.75, 3.05) is 18.6 Å². The fourth-order valence-corrected chi connectivity index (χ4v) is 2.81. The van der Waals surface area contributed by atoms with Crippen molar-refractivity contribution < 1.29 is 34.2 Å². The van der Waals surface area contributed by atoms with Gasteiger partial charge < -0.3 is 31.9 Å². The van der Waals surface area contributed by atoms with Crippen molar-refractivity contribution in [2.24, 2.45) is 11.7 Å². The molecule has 0 rings (SSSR count). The minimum Gasteiger partial charge on any atom is -0.481 e. The normalized spacial score (nSPS) is 13.8. The van der Waals surface area contributed by atoms with E-state index >= 15 is 0 Å². The lowest BCUT2D eigenvalue weighted by Gasteiger charge is -2.25. The maximum atomic E-state index is 12.6. The van der Waals surface area contributed by atoms with Crippen LogP contribution in [0.5, 0.6) is 0 Å². The van der Waals surface area contributed by atoms with Crippen LogP contribution in [0.3, 0.4) is 0 Å². The van der Waals surface area contributed by atoms with Gasteiger partial charge in [0.2, 0.25) is 17.7 Å². The molecule has 0 aliphatic carbocycles. The van der Waals surface area contributed by atoms with Crippen molar-refractivity contribution in [3.63, 3.8) is 0 Å². The fourth-order valence-electron chi connectivity index (χ4n) is 2.33. The third-order valence-corrected chi connectivity index (χ3v) is 4.60. The number of thioether (sulfide) groups is 1. The highest BCUT2D eigenvalue weighted by Gasteiger charge is 2.30. The van der Waals surface area contributed by atoms with E-state index in [-0.39, 0.29) is 19.4 Å². The maximum Gasteiger partial charge on any atom is 0.326 e. The van der Waals surface area contributed by atoms with Crippen LogP contribution in [-0.2, 0) is 24.0 Å². The molecular weight excluding hydrogens is 404 g/mol. The summed E-state index contributed by atoms with van der Waals surface area (Å²) in [5, 5.41) is 25.3. The van der Waals surface area contributed by atoms with E-state index in [0.717, 1.165) is 0 Å². The van der Waals surface area contributed by atoms with Crippen molar-refractivity contribution in [1.29, 1.82) is 0 Å². The van der Waals surface area contributed by atoms with Crippen molar-refractivity contribution in [3.8, 4) is 0 Å². The van der Waals surface area contributed by atoms with Gasteiger partial charge in [0, 0.05) is 6.42 Å². The van der Waals surface area contributed by atoms with Crippen molar-refractivity contribution >= 4 is 41.4 Å². The van der Waals surface area contributed by atoms with Gasteiger partial charge in [0.1, 0.15) is 18.1 Å². The van der Waals surface area contributed by atoms with Crippen molar-refractivity contribution in [1.82, 2.24) is 16.0 Å². The third-order valence-electron chi connectivity index (χ3n) is 3.96. The topological polar surface area (TPSA) is 188 Å². The number of nitrogens with two attached hydrogens (primary N) is 1. The Bertz CT molecular complexity index is 600. The molecule has 0 bridgehead atoms. The Morgan fingerprint density at radius 2 is 1.48 bits per heavy atom. The molecule has 0 radical (unpaired) electrons. The minimum atomic E-state index is -1.27. The molecule has 0 fully saturated rings. The van der Waals surface area contributed by atoms with Gasteiger partial charge in [-0.2, -0.15) is 11.8 Å². The van der Waals surface area contributed by atoms with Crippen LogP contribution >= 0.6 is 11.8 Å². The predicted molar refractivity (Wildman–Crippen MR) is 107 cm³/mol. The zero-order chi connectivity index (χ0) is 22.6. The standard InChI is InChI=1S/C17H30N4O7S/c1-9(2)14(17(27)28)21-16(26)10(4-5-13(23)24)20-15(25)11(6-7-29-3)19-12(22)8-18/h9-11,14H,4-8,18H2,1-3H3,(H,19,22)(H,20,25)(H,21,26)(H,23,24)(H,27,28). The molecule has 0 saturated heterocycles. The second-order valence-corrected chi connectivity index (χ2v) is 7.65. The van der Waals surface area contributed by atoms with E-state index in [9.17, 15) is 29.1 Å². The van der Waals surface area contributed by atoms with Crippen LogP contribution in [-0.4, -0.2) is 76.6 Å². The summed E-state index contributed by atoms with van der Waals surface area (Å²) in [6, 6.07) is -3.43. The van der Waals surface area contributed by atoms with Gasteiger partial charge in [0.05, 0.1) is 6.54 Å². The number of carboxylic acids is 2. The summed E-state index contributed by atoms with van der Waals surface area (Å²) in [5.41, 5.74) is 5.26. The molecule has 0 aliphatic heterocycles.